The molecule has 1 aliphatic carbocycles. The number of halogens is 2. The molecule has 2 rings (SSSR count). The number of rotatable bonds is 3. The maximum absolute atomic E-state index is 11.4. The molecule has 4 nitrogen and oxygen atoms in total. The van der Waals surface area contributed by atoms with Gasteiger partial charge in [-0.15, -0.1) is 24.8 Å². The zero-order chi connectivity index (χ0) is 13.2. The number of allylic oxidation sites excluding steroid dienone is 2. The number of hydrogen-bond acceptors (Lipinski definition) is 3. The summed E-state index contributed by atoms with van der Waals surface area (Å²) >= 11 is 0. The molecule has 0 aromatic heterocycles. The molecule has 2 atom stereocenters. The lowest BCUT2D eigenvalue weighted by Crippen LogP contribution is -2.49. The molecule has 1 heterocycles. The van der Waals surface area contributed by atoms with Crippen molar-refractivity contribution in [3.05, 3.63) is 23.8 Å². The third-order valence-corrected chi connectivity index (χ3v) is 4.27. The van der Waals surface area contributed by atoms with Crippen LogP contribution in [0.5, 0.6) is 0 Å². The van der Waals surface area contributed by atoms with Crippen molar-refractivity contribution in [1.29, 1.82) is 0 Å². The molecule has 3 N–H and O–H groups in total. The van der Waals surface area contributed by atoms with Crippen LogP contribution in [-0.2, 0) is 4.79 Å². The van der Waals surface area contributed by atoms with Crippen molar-refractivity contribution in [2.75, 3.05) is 32.7 Å². The van der Waals surface area contributed by atoms with E-state index in [1.54, 1.807) is 0 Å². The Morgan fingerprint density at radius 3 is 2.60 bits per heavy atom. The minimum absolute atomic E-state index is 0. The van der Waals surface area contributed by atoms with Crippen LogP contribution in [0, 0.1) is 11.3 Å². The normalized spacial score (nSPS) is 29.9. The lowest BCUT2D eigenvalue weighted by molar-refractivity contribution is -0.115. The van der Waals surface area contributed by atoms with Crippen LogP contribution in [0.25, 0.3) is 0 Å². The van der Waals surface area contributed by atoms with E-state index in [1.165, 1.54) is 0 Å². The summed E-state index contributed by atoms with van der Waals surface area (Å²) in [5, 5.41) is 3.36. The zero-order valence-corrected chi connectivity index (χ0v) is 13.7. The van der Waals surface area contributed by atoms with Gasteiger partial charge in [0.2, 0.25) is 5.91 Å². The van der Waals surface area contributed by atoms with Crippen LogP contribution in [0.4, 0.5) is 0 Å². The van der Waals surface area contributed by atoms with Gasteiger partial charge in [0, 0.05) is 43.7 Å². The highest BCUT2D eigenvalue weighted by Gasteiger charge is 2.36. The molecular weight excluding hydrogens is 297 g/mol. The molecule has 6 heteroatoms. The average molecular weight is 322 g/mol. The summed E-state index contributed by atoms with van der Waals surface area (Å²) in [5.41, 5.74) is 6.19. The van der Waals surface area contributed by atoms with Gasteiger partial charge in [-0.25, -0.2) is 0 Å². The summed E-state index contributed by atoms with van der Waals surface area (Å²) in [7, 11) is 0. The number of carbonyl (C=O) groups excluding carboxylic acids is 1. The number of hydrogen-bond donors (Lipinski definition) is 2. The van der Waals surface area contributed by atoms with Crippen molar-refractivity contribution in [2.24, 2.45) is 17.1 Å². The molecule has 0 radical (unpaired) electrons. The van der Waals surface area contributed by atoms with Gasteiger partial charge in [-0.05, 0) is 5.92 Å². The maximum atomic E-state index is 11.4. The van der Waals surface area contributed by atoms with Crippen molar-refractivity contribution < 1.29 is 4.79 Å². The lowest BCUT2D eigenvalue weighted by Gasteiger charge is -2.41. The fourth-order valence-corrected chi connectivity index (χ4v) is 2.85. The number of amides is 1. The monoisotopic (exact) mass is 321 g/mol. The Kier molecular flexibility index (Phi) is 7.81. The first-order chi connectivity index (χ1) is 8.53. The molecule has 0 aromatic carbocycles. The smallest absolute Gasteiger partial charge is 0.244 e. The minimum atomic E-state index is -0.293. The summed E-state index contributed by atoms with van der Waals surface area (Å²) in [6, 6.07) is 0. The Bertz CT molecular complexity index is 392. The third-order valence-electron chi connectivity index (χ3n) is 4.27. The van der Waals surface area contributed by atoms with E-state index in [0.29, 0.717) is 0 Å². The molecule has 20 heavy (non-hydrogen) atoms. The Hall–Kier alpha value is -0.550. The summed E-state index contributed by atoms with van der Waals surface area (Å²) in [6.07, 6.45) is 6.04. The van der Waals surface area contributed by atoms with Crippen LogP contribution in [0.1, 0.15) is 13.8 Å². The van der Waals surface area contributed by atoms with E-state index in [2.05, 4.69) is 30.1 Å². The van der Waals surface area contributed by atoms with Crippen molar-refractivity contribution in [3.8, 4) is 0 Å². The molecule has 2 aliphatic rings. The van der Waals surface area contributed by atoms with Crippen LogP contribution < -0.4 is 11.1 Å². The maximum Gasteiger partial charge on any atom is 0.244 e. The lowest BCUT2D eigenvalue weighted by atomic mass is 9.70. The number of nitrogens with one attached hydrogen (secondary N) is 1. The average Bonchev–Trinajstić information content (AvgIpc) is 2.34. The van der Waals surface area contributed by atoms with Crippen molar-refractivity contribution in [1.82, 2.24) is 10.2 Å². The van der Waals surface area contributed by atoms with E-state index in [-0.39, 0.29) is 42.1 Å². The van der Waals surface area contributed by atoms with Crippen LogP contribution >= 0.6 is 24.8 Å². The first-order valence-electron chi connectivity index (χ1n) is 6.65. The van der Waals surface area contributed by atoms with E-state index in [4.69, 9.17) is 5.73 Å². The molecule has 1 saturated heterocycles. The summed E-state index contributed by atoms with van der Waals surface area (Å²) in [5.74, 6) is -0.117. The highest BCUT2D eigenvalue weighted by atomic mass is 35.5. The van der Waals surface area contributed by atoms with E-state index >= 15 is 0 Å². The van der Waals surface area contributed by atoms with Gasteiger partial charge in [0.25, 0.3) is 0 Å². The topological polar surface area (TPSA) is 58.4 Å². The van der Waals surface area contributed by atoms with Gasteiger partial charge in [-0.3, -0.25) is 9.69 Å². The van der Waals surface area contributed by atoms with Gasteiger partial charge in [0.15, 0.2) is 0 Å². The Labute approximate surface area is 133 Å². The predicted octanol–water partition coefficient (Wildman–Crippen LogP) is 1.36. The number of piperazine rings is 1. The fourth-order valence-electron chi connectivity index (χ4n) is 2.85. The van der Waals surface area contributed by atoms with Gasteiger partial charge in [0.05, 0.1) is 0 Å². The van der Waals surface area contributed by atoms with Crippen molar-refractivity contribution in [3.63, 3.8) is 0 Å². The second-order valence-electron chi connectivity index (χ2n) is 5.60. The van der Waals surface area contributed by atoms with E-state index in [9.17, 15) is 4.79 Å². The molecular formula is C14H25Cl2N3O. The molecule has 0 spiro atoms. The Balaban J connectivity index is 0.00000180. The molecule has 1 fully saturated rings. The summed E-state index contributed by atoms with van der Waals surface area (Å²) < 4.78 is 0. The quantitative estimate of drug-likeness (QED) is 0.825. The standard InChI is InChI=1S/C14H23N3O.2ClH/c1-11-12(13(15)18)4-3-5-14(11,2)10-17-8-6-16-7-9-17;;/h3-5,11,16H,6-10H2,1-2H3,(H2,15,18);2*1H. The Morgan fingerprint density at radius 2 is 2.05 bits per heavy atom. The second kappa shape index (κ2) is 8.03. The summed E-state index contributed by atoms with van der Waals surface area (Å²) in [6.45, 7) is 9.54. The van der Waals surface area contributed by atoms with Crippen LogP contribution in [0.15, 0.2) is 23.8 Å². The molecule has 0 aromatic rings. The van der Waals surface area contributed by atoms with E-state index in [0.717, 1.165) is 38.3 Å². The second-order valence-corrected chi connectivity index (χ2v) is 5.60. The van der Waals surface area contributed by atoms with Gasteiger partial charge in [-0.1, -0.05) is 32.1 Å². The first kappa shape index (κ1) is 19.4. The first-order valence-corrected chi connectivity index (χ1v) is 6.65. The van der Waals surface area contributed by atoms with E-state index in [1.807, 2.05) is 12.2 Å². The van der Waals surface area contributed by atoms with E-state index < -0.39 is 0 Å². The van der Waals surface area contributed by atoms with Crippen LogP contribution in [-0.4, -0.2) is 43.5 Å². The highest BCUT2D eigenvalue weighted by molar-refractivity contribution is 5.93. The molecule has 1 amide bonds. The molecule has 2 unspecified atom stereocenters. The SMILES string of the molecule is CC1C(C(N)=O)=CC=CC1(C)CN1CCNCC1.Cl.Cl. The highest BCUT2D eigenvalue weighted by Crippen LogP contribution is 2.37. The van der Waals surface area contributed by atoms with Gasteiger partial charge < -0.3 is 11.1 Å². The number of nitrogens with zero attached hydrogens (tertiary/aromatic N) is 1. The van der Waals surface area contributed by atoms with Crippen molar-refractivity contribution >= 4 is 30.7 Å². The van der Waals surface area contributed by atoms with Crippen molar-refractivity contribution in [2.45, 2.75) is 13.8 Å². The molecule has 0 saturated carbocycles. The van der Waals surface area contributed by atoms with Crippen LogP contribution in [0.2, 0.25) is 0 Å². The largest absolute Gasteiger partial charge is 0.366 e. The third kappa shape index (κ3) is 4.22. The van der Waals surface area contributed by atoms with Gasteiger partial charge >= 0.3 is 0 Å². The number of primary amides is 1. The Morgan fingerprint density at radius 1 is 1.45 bits per heavy atom. The minimum Gasteiger partial charge on any atom is -0.366 e. The predicted molar refractivity (Wildman–Crippen MR) is 87.5 cm³/mol. The zero-order valence-electron chi connectivity index (χ0n) is 12.1. The molecule has 1 aliphatic heterocycles. The van der Waals surface area contributed by atoms with Gasteiger partial charge in [-0.2, -0.15) is 0 Å². The number of carbonyl (C=O) groups is 1. The fraction of sp³-hybridized carbons (Fsp3) is 0.643. The van der Waals surface area contributed by atoms with Crippen LogP contribution in [0.3, 0.4) is 0 Å². The van der Waals surface area contributed by atoms with Gasteiger partial charge in [0.1, 0.15) is 0 Å². The number of nitrogens with two attached hydrogens (primary N) is 1. The molecule has 116 valence electrons. The molecule has 0 bridgehead atoms. The summed E-state index contributed by atoms with van der Waals surface area (Å²) in [4.78, 5) is 13.9.